The molecule has 0 spiro atoms. The Hall–Kier alpha value is -1.88. The van der Waals surface area contributed by atoms with E-state index in [-0.39, 0.29) is 17.9 Å². The van der Waals surface area contributed by atoms with Crippen LogP contribution in [0, 0.1) is 6.92 Å². The Kier molecular flexibility index (Phi) is 5.74. The maximum atomic E-state index is 13.1. The van der Waals surface area contributed by atoms with E-state index in [1.807, 2.05) is 9.80 Å². The molecule has 1 unspecified atom stereocenters. The van der Waals surface area contributed by atoms with Gasteiger partial charge in [-0.1, -0.05) is 36.2 Å². The molecular weight excluding hydrogens is 314 g/mol. The van der Waals surface area contributed by atoms with Gasteiger partial charge in [-0.2, -0.15) is 0 Å². The minimum absolute atomic E-state index is 0.0156. The van der Waals surface area contributed by atoms with E-state index < -0.39 is 0 Å². The van der Waals surface area contributed by atoms with Gasteiger partial charge in [-0.3, -0.25) is 14.5 Å². The molecule has 2 heterocycles. The summed E-state index contributed by atoms with van der Waals surface area (Å²) >= 11 is 0. The fraction of sp³-hybridized carbons (Fsp3) is 0.600. The smallest absolute Gasteiger partial charge is 0.240 e. The molecular formula is C20H29N3O2. The highest BCUT2D eigenvalue weighted by atomic mass is 16.2. The summed E-state index contributed by atoms with van der Waals surface area (Å²) in [4.78, 5) is 30.7. The van der Waals surface area contributed by atoms with Gasteiger partial charge in [-0.15, -0.1) is 0 Å². The first kappa shape index (κ1) is 17.9. The number of rotatable bonds is 3. The van der Waals surface area contributed by atoms with E-state index in [1.54, 1.807) is 6.92 Å². The molecule has 5 heteroatoms. The highest BCUT2D eigenvalue weighted by molar-refractivity contribution is 5.82. The predicted octanol–water partition coefficient (Wildman–Crippen LogP) is 2.04. The van der Waals surface area contributed by atoms with Crippen molar-refractivity contribution in [1.29, 1.82) is 0 Å². The summed E-state index contributed by atoms with van der Waals surface area (Å²) in [6, 6.07) is 8.54. The third-order valence-electron chi connectivity index (χ3n) is 5.40. The van der Waals surface area contributed by atoms with Crippen LogP contribution in [0.25, 0.3) is 0 Å². The number of amides is 2. The number of piperazine rings is 1. The summed E-state index contributed by atoms with van der Waals surface area (Å²) in [6.07, 6.45) is 3.22. The molecule has 1 aromatic rings. The van der Waals surface area contributed by atoms with E-state index in [2.05, 4.69) is 36.1 Å². The highest BCUT2D eigenvalue weighted by Crippen LogP contribution is 2.22. The molecule has 1 atom stereocenters. The molecule has 0 N–H and O–H groups in total. The summed E-state index contributed by atoms with van der Waals surface area (Å²) in [7, 11) is 0. The van der Waals surface area contributed by atoms with E-state index in [0.717, 1.165) is 32.4 Å². The fourth-order valence-corrected chi connectivity index (χ4v) is 3.96. The van der Waals surface area contributed by atoms with Crippen molar-refractivity contribution in [2.24, 2.45) is 0 Å². The van der Waals surface area contributed by atoms with Gasteiger partial charge in [-0.25, -0.2) is 0 Å². The second kappa shape index (κ2) is 8.00. The number of benzene rings is 1. The zero-order valence-corrected chi connectivity index (χ0v) is 15.4. The number of hydrogen-bond donors (Lipinski definition) is 0. The second-order valence-corrected chi connectivity index (χ2v) is 7.30. The maximum Gasteiger partial charge on any atom is 0.240 e. The van der Waals surface area contributed by atoms with E-state index in [0.29, 0.717) is 26.2 Å². The maximum absolute atomic E-state index is 13.1. The highest BCUT2D eigenvalue weighted by Gasteiger charge is 2.33. The molecule has 5 nitrogen and oxygen atoms in total. The van der Waals surface area contributed by atoms with Crippen LogP contribution in [0.3, 0.4) is 0 Å². The topological polar surface area (TPSA) is 43.9 Å². The van der Waals surface area contributed by atoms with Crippen LogP contribution in [0.5, 0.6) is 0 Å². The lowest BCUT2D eigenvalue weighted by molar-refractivity contribution is -0.143. The number of hydrogen-bond acceptors (Lipinski definition) is 3. The van der Waals surface area contributed by atoms with E-state index in [9.17, 15) is 9.59 Å². The molecule has 0 radical (unpaired) electrons. The molecule has 2 amide bonds. The van der Waals surface area contributed by atoms with Crippen molar-refractivity contribution >= 4 is 11.8 Å². The third kappa shape index (κ3) is 4.40. The first-order valence-corrected chi connectivity index (χ1v) is 9.38. The lowest BCUT2D eigenvalue weighted by Gasteiger charge is -2.40. The minimum Gasteiger partial charge on any atom is -0.339 e. The number of nitrogens with zero attached hydrogens (tertiary/aromatic N) is 3. The summed E-state index contributed by atoms with van der Waals surface area (Å²) in [5.74, 6) is 0.349. The van der Waals surface area contributed by atoms with Crippen molar-refractivity contribution in [1.82, 2.24) is 14.7 Å². The van der Waals surface area contributed by atoms with Crippen LogP contribution in [-0.2, 0) is 16.1 Å². The number of aryl methyl sites for hydroxylation is 1. The van der Waals surface area contributed by atoms with E-state index >= 15 is 0 Å². The molecule has 0 saturated carbocycles. The summed E-state index contributed by atoms with van der Waals surface area (Å²) in [5.41, 5.74) is 2.54. The molecule has 2 aliphatic rings. The van der Waals surface area contributed by atoms with Gasteiger partial charge in [0.25, 0.3) is 0 Å². The molecule has 2 saturated heterocycles. The van der Waals surface area contributed by atoms with Crippen LogP contribution < -0.4 is 0 Å². The second-order valence-electron chi connectivity index (χ2n) is 7.30. The Morgan fingerprint density at radius 1 is 1.04 bits per heavy atom. The van der Waals surface area contributed by atoms with Gasteiger partial charge in [0.15, 0.2) is 0 Å². The fourth-order valence-electron chi connectivity index (χ4n) is 3.96. The van der Waals surface area contributed by atoms with Gasteiger partial charge in [0.1, 0.15) is 0 Å². The molecule has 0 bridgehead atoms. The number of likely N-dealkylation sites (tertiary alicyclic amines) is 1. The third-order valence-corrected chi connectivity index (χ3v) is 5.40. The van der Waals surface area contributed by atoms with E-state index in [1.165, 1.54) is 11.1 Å². The zero-order chi connectivity index (χ0) is 17.8. The van der Waals surface area contributed by atoms with Gasteiger partial charge in [0.2, 0.25) is 11.8 Å². The van der Waals surface area contributed by atoms with Crippen molar-refractivity contribution < 1.29 is 9.59 Å². The lowest BCUT2D eigenvalue weighted by Crippen LogP contribution is -2.56. The van der Waals surface area contributed by atoms with Gasteiger partial charge in [0, 0.05) is 39.6 Å². The van der Waals surface area contributed by atoms with Gasteiger partial charge in [-0.05, 0) is 31.9 Å². The summed E-state index contributed by atoms with van der Waals surface area (Å²) in [5, 5.41) is 0. The molecule has 0 aliphatic carbocycles. The minimum atomic E-state index is -0.0156. The van der Waals surface area contributed by atoms with Crippen LogP contribution in [0.1, 0.15) is 37.3 Å². The van der Waals surface area contributed by atoms with Crippen molar-refractivity contribution in [2.45, 2.75) is 45.7 Å². The molecule has 1 aromatic carbocycles. The molecule has 0 aromatic heterocycles. The average molecular weight is 343 g/mol. The Balaban J connectivity index is 1.64. The standard InChI is InChI=1S/C20H29N3O2/c1-16-6-5-7-18(14-16)15-23-9-4-3-8-19(23)20(25)22-12-10-21(11-13-22)17(2)24/h5-7,14,19H,3-4,8-13,15H2,1-2H3. The van der Waals surface area contributed by atoms with E-state index in [4.69, 9.17) is 0 Å². The number of carbonyl (C=O) groups excluding carboxylic acids is 2. The predicted molar refractivity (Wildman–Crippen MR) is 98.1 cm³/mol. The Labute approximate surface area is 150 Å². The van der Waals surface area contributed by atoms with Crippen molar-refractivity contribution in [3.8, 4) is 0 Å². The Morgan fingerprint density at radius 2 is 1.76 bits per heavy atom. The summed E-state index contributed by atoms with van der Waals surface area (Å²) in [6.45, 7) is 8.17. The molecule has 2 fully saturated rings. The first-order valence-electron chi connectivity index (χ1n) is 9.38. The Morgan fingerprint density at radius 3 is 2.44 bits per heavy atom. The molecule has 25 heavy (non-hydrogen) atoms. The summed E-state index contributed by atoms with van der Waals surface area (Å²) < 4.78 is 0. The van der Waals surface area contributed by atoms with Crippen LogP contribution in [0.2, 0.25) is 0 Å². The SMILES string of the molecule is CC(=O)N1CCN(C(=O)C2CCCCN2Cc2cccc(C)c2)CC1. The molecule has 3 rings (SSSR count). The quantitative estimate of drug-likeness (QED) is 0.844. The van der Waals surface area contributed by atoms with Crippen molar-refractivity contribution in [2.75, 3.05) is 32.7 Å². The van der Waals surface area contributed by atoms with Crippen molar-refractivity contribution in [3.63, 3.8) is 0 Å². The number of piperidine rings is 1. The Bertz CT molecular complexity index is 623. The van der Waals surface area contributed by atoms with Gasteiger partial charge < -0.3 is 9.80 Å². The zero-order valence-electron chi connectivity index (χ0n) is 15.4. The van der Waals surface area contributed by atoms with Crippen LogP contribution in [-0.4, -0.2) is 65.3 Å². The normalized spacial score (nSPS) is 22.1. The van der Waals surface area contributed by atoms with Gasteiger partial charge >= 0.3 is 0 Å². The first-order chi connectivity index (χ1) is 12.0. The average Bonchev–Trinajstić information content (AvgIpc) is 2.62. The monoisotopic (exact) mass is 343 g/mol. The largest absolute Gasteiger partial charge is 0.339 e. The van der Waals surface area contributed by atoms with Crippen LogP contribution in [0.15, 0.2) is 24.3 Å². The number of carbonyl (C=O) groups is 2. The van der Waals surface area contributed by atoms with Gasteiger partial charge in [0.05, 0.1) is 6.04 Å². The van der Waals surface area contributed by atoms with Crippen molar-refractivity contribution in [3.05, 3.63) is 35.4 Å². The molecule has 2 aliphatic heterocycles. The van der Waals surface area contributed by atoms with Crippen LogP contribution in [0.4, 0.5) is 0 Å². The molecule has 136 valence electrons. The lowest BCUT2D eigenvalue weighted by atomic mass is 9.99. The van der Waals surface area contributed by atoms with Crippen LogP contribution >= 0.6 is 0 Å².